The van der Waals surface area contributed by atoms with E-state index in [1.54, 1.807) is 12.4 Å². The van der Waals surface area contributed by atoms with Crippen LogP contribution >= 0.6 is 0 Å². The van der Waals surface area contributed by atoms with Crippen molar-refractivity contribution in [3.63, 3.8) is 0 Å². The summed E-state index contributed by atoms with van der Waals surface area (Å²) in [4.78, 5) is 22.5. The van der Waals surface area contributed by atoms with Crippen molar-refractivity contribution in [3.05, 3.63) is 48.3 Å². The lowest BCUT2D eigenvalue weighted by Gasteiger charge is -2.09. The number of H-pyrrole nitrogens is 1. The van der Waals surface area contributed by atoms with E-state index in [4.69, 9.17) is 4.74 Å². The molecule has 0 radical (unpaired) electrons. The van der Waals surface area contributed by atoms with Crippen LogP contribution in [0.2, 0.25) is 0 Å². The second kappa shape index (κ2) is 5.62. The molecule has 106 valence electrons. The zero-order chi connectivity index (χ0) is 14.7. The van der Waals surface area contributed by atoms with Crippen LogP contribution in [0.1, 0.15) is 12.5 Å². The molecule has 0 aliphatic heterocycles. The Kier molecular flexibility index (Phi) is 3.51. The van der Waals surface area contributed by atoms with E-state index in [1.165, 1.54) is 6.92 Å². The van der Waals surface area contributed by atoms with Crippen LogP contribution in [0, 0.1) is 0 Å². The van der Waals surface area contributed by atoms with E-state index in [2.05, 4.69) is 20.3 Å². The fraction of sp³-hybridized carbons (Fsp3) is 0.133. The van der Waals surface area contributed by atoms with Gasteiger partial charge >= 0.3 is 0 Å². The Bertz CT molecular complexity index is 768. The Morgan fingerprint density at radius 1 is 1.33 bits per heavy atom. The van der Waals surface area contributed by atoms with Crippen molar-refractivity contribution in [2.24, 2.45) is 0 Å². The van der Waals surface area contributed by atoms with Crippen LogP contribution < -0.4 is 10.1 Å². The highest BCUT2D eigenvalue weighted by Crippen LogP contribution is 2.25. The van der Waals surface area contributed by atoms with E-state index >= 15 is 0 Å². The first kappa shape index (κ1) is 13.1. The Morgan fingerprint density at radius 2 is 2.14 bits per heavy atom. The van der Waals surface area contributed by atoms with Crippen LogP contribution in [0.4, 0.5) is 5.82 Å². The van der Waals surface area contributed by atoms with Gasteiger partial charge in [-0.25, -0.2) is 9.97 Å². The molecule has 0 saturated heterocycles. The number of hydrogen-bond donors (Lipinski definition) is 2. The number of carbonyl (C=O) groups excluding carboxylic acids is 1. The maximum Gasteiger partial charge on any atom is 0.222 e. The quantitative estimate of drug-likeness (QED) is 0.770. The summed E-state index contributed by atoms with van der Waals surface area (Å²) >= 11 is 0. The van der Waals surface area contributed by atoms with Gasteiger partial charge in [0.25, 0.3) is 0 Å². The third-order valence-corrected chi connectivity index (χ3v) is 2.90. The summed E-state index contributed by atoms with van der Waals surface area (Å²) in [5.41, 5.74) is 2.27. The van der Waals surface area contributed by atoms with Gasteiger partial charge in [-0.2, -0.15) is 0 Å². The molecule has 0 aliphatic carbocycles. The summed E-state index contributed by atoms with van der Waals surface area (Å²) in [6.45, 7) is 1.86. The lowest BCUT2D eigenvalue weighted by molar-refractivity contribution is -0.114. The predicted octanol–water partition coefficient (Wildman–Crippen LogP) is 2.50. The number of ether oxygens (including phenoxy) is 1. The van der Waals surface area contributed by atoms with Crippen LogP contribution in [-0.2, 0) is 11.4 Å². The molecule has 1 aromatic carbocycles. The normalized spacial score (nSPS) is 10.5. The molecular formula is C15H14N4O2. The van der Waals surface area contributed by atoms with Gasteiger partial charge in [0.1, 0.15) is 17.9 Å². The number of aromatic nitrogens is 3. The largest absolute Gasteiger partial charge is 0.486 e. The number of nitrogens with one attached hydrogen (secondary N) is 2. The lowest BCUT2D eigenvalue weighted by atomic mass is 10.2. The van der Waals surface area contributed by atoms with E-state index in [0.717, 1.165) is 5.56 Å². The summed E-state index contributed by atoms with van der Waals surface area (Å²) in [7, 11) is 0. The Balaban J connectivity index is 1.89. The zero-order valence-corrected chi connectivity index (χ0v) is 11.5. The number of carbonyl (C=O) groups is 1. The second-order valence-corrected chi connectivity index (χ2v) is 4.56. The Hall–Kier alpha value is -2.89. The molecule has 0 fully saturated rings. The maximum absolute atomic E-state index is 11.2. The average Bonchev–Trinajstić information content (AvgIpc) is 2.93. The Morgan fingerprint density at radius 3 is 2.90 bits per heavy atom. The fourth-order valence-corrected chi connectivity index (χ4v) is 1.99. The first-order valence-electron chi connectivity index (χ1n) is 6.51. The van der Waals surface area contributed by atoms with Gasteiger partial charge in [-0.3, -0.25) is 4.79 Å². The molecule has 3 rings (SSSR count). The van der Waals surface area contributed by atoms with Gasteiger partial charge in [0.2, 0.25) is 5.91 Å². The molecule has 0 spiro atoms. The van der Waals surface area contributed by atoms with Gasteiger partial charge in [0.15, 0.2) is 11.4 Å². The zero-order valence-electron chi connectivity index (χ0n) is 11.5. The summed E-state index contributed by atoms with van der Waals surface area (Å²) in [6.07, 6.45) is 1.55. The monoisotopic (exact) mass is 282 g/mol. The smallest absolute Gasteiger partial charge is 0.222 e. The summed E-state index contributed by atoms with van der Waals surface area (Å²) < 4.78 is 5.82. The summed E-state index contributed by atoms with van der Waals surface area (Å²) in [6, 6.07) is 11.5. The number of imidazole rings is 1. The van der Waals surface area contributed by atoms with Crippen molar-refractivity contribution in [2.45, 2.75) is 13.5 Å². The standard InChI is InChI=1S/C15H14N4O2/c1-10(20)18-13-7-12(14-15(19-13)17-9-16-14)21-8-11-5-3-2-4-6-11/h2-7,9H,8H2,1H3,(H2,16,17,18,19,20). The van der Waals surface area contributed by atoms with Gasteiger partial charge in [0, 0.05) is 13.0 Å². The number of hydrogen-bond acceptors (Lipinski definition) is 4. The molecule has 2 heterocycles. The van der Waals surface area contributed by atoms with E-state index in [9.17, 15) is 4.79 Å². The van der Waals surface area contributed by atoms with Crippen molar-refractivity contribution in [2.75, 3.05) is 5.32 Å². The molecule has 0 atom stereocenters. The topological polar surface area (TPSA) is 79.9 Å². The number of pyridine rings is 1. The van der Waals surface area contributed by atoms with Crippen LogP contribution in [0.15, 0.2) is 42.7 Å². The predicted molar refractivity (Wildman–Crippen MR) is 79.0 cm³/mol. The minimum atomic E-state index is -0.189. The summed E-state index contributed by atoms with van der Waals surface area (Å²) in [5.74, 6) is 0.835. The highest BCUT2D eigenvalue weighted by atomic mass is 16.5. The average molecular weight is 282 g/mol. The third-order valence-electron chi connectivity index (χ3n) is 2.90. The SMILES string of the molecule is CC(=O)Nc1cc(OCc2ccccc2)c2[nH]cnc2n1. The first-order chi connectivity index (χ1) is 10.2. The second-order valence-electron chi connectivity index (χ2n) is 4.56. The van der Waals surface area contributed by atoms with Gasteiger partial charge < -0.3 is 15.0 Å². The number of nitrogens with zero attached hydrogens (tertiary/aromatic N) is 2. The van der Waals surface area contributed by atoms with E-state index in [0.29, 0.717) is 29.3 Å². The van der Waals surface area contributed by atoms with Crippen molar-refractivity contribution in [3.8, 4) is 5.75 Å². The van der Waals surface area contributed by atoms with Crippen molar-refractivity contribution in [1.29, 1.82) is 0 Å². The third kappa shape index (κ3) is 3.00. The highest BCUT2D eigenvalue weighted by molar-refractivity contribution is 5.90. The van der Waals surface area contributed by atoms with Crippen LogP contribution in [0.3, 0.4) is 0 Å². The molecule has 1 amide bonds. The molecule has 0 aliphatic rings. The number of benzene rings is 1. The van der Waals surface area contributed by atoms with E-state index in [-0.39, 0.29) is 5.91 Å². The van der Waals surface area contributed by atoms with E-state index in [1.807, 2.05) is 30.3 Å². The highest BCUT2D eigenvalue weighted by Gasteiger charge is 2.10. The van der Waals surface area contributed by atoms with E-state index < -0.39 is 0 Å². The Labute approximate surface area is 121 Å². The fourth-order valence-electron chi connectivity index (χ4n) is 1.99. The van der Waals surface area contributed by atoms with Crippen molar-refractivity contribution in [1.82, 2.24) is 15.0 Å². The van der Waals surface area contributed by atoms with Crippen molar-refractivity contribution >= 4 is 22.9 Å². The maximum atomic E-state index is 11.2. The minimum Gasteiger partial charge on any atom is -0.486 e. The first-order valence-corrected chi connectivity index (χ1v) is 6.51. The lowest BCUT2D eigenvalue weighted by Crippen LogP contribution is -2.08. The van der Waals surface area contributed by atoms with Gasteiger partial charge in [-0.1, -0.05) is 30.3 Å². The molecule has 21 heavy (non-hydrogen) atoms. The number of aromatic amines is 1. The number of anilines is 1. The number of fused-ring (bicyclic) bond motifs is 1. The number of rotatable bonds is 4. The molecular weight excluding hydrogens is 268 g/mol. The molecule has 0 unspecified atom stereocenters. The molecule has 2 aromatic heterocycles. The van der Waals surface area contributed by atoms with Crippen LogP contribution in [0.25, 0.3) is 11.2 Å². The van der Waals surface area contributed by atoms with Crippen LogP contribution in [0.5, 0.6) is 5.75 Å². The van der Waals surface area contributed by atoms with Gasteiger partial charge in [-0.15, -0.1) is 0 Å². The summed E-state index contributed by atoms with van der Waals surface area (Å²) in [5, 5.41) is 2.64. The number of amides is 1. The molecule has 2 N–H and O–H groups in total. The molecule has 0 saturated carbocycles. The minimum absolute atomic E-state index is 0.189. The van der Waals surface area contributed by atoms with Gasteiger partial charge in [0.05, 0.1) is 6.33 Å². The molecule has 3 aromatic rings. The molecule has 6 heteroatoms. The molecule has 6 nitrogen and oxygen atoms in total. The molecule has 0 bridgehead atoms. The van der Waals surface area contributed by atoms with Crippen LogP contribution in [-0.4, -0.2) is 20.9 Å². The van der Waals surface area contributed by atoms with Crippen molar-refractivity contribution < 1.29 is 9.53 Å². The van der Waals surface area contributed by atoms with Gasteiger partial charge in [-0.05, 0) is 5.56 Å².